The first-order chi connectivity index (χ1) is 4.72. The summed E-state index contributed by atoms with van der Waals surface area (Å²) in [6, 6.07) is -0.950. The quantitative estimate of drug-likeness (QED) is 0.481. The van der Waals surface area contributed by atoms with Gasteiger partial charge in [-0.2, -0.15) is 0 Å². The van der Waals surface area contributed by atoms with E-state index >= 15 is 0 Å². The third-order valence-corrected chi connectivity index (χ3v) is 1.52. The zero-order chi connectivity index (χ0) is 7.56. The highest BCUT2D eigenvalue weighted by molar-refractivity contribution is 6.02. The summed E-state index contributed by atoms with van der Waals surface area (Å²) in [6.07, 6.45) is 1.15. The molecule has 1 unspecified atom stereocenters. The molecule has 1 aliphatic rings. The lowest BCUT2D eigenvalue weighted by Crippen LogP contribution is -2.47. The molecule has 0 radical (unpaired) electrons. The van der Waals surface area contributed by atoms with Gasteiger partial charge >= 0.3 is 5.97 Å². The maximum absolute atomic E-state index is 10.8. The largest absolute Gasteiger partial charge is 0.480 e. The Hall–Kier alpha value is -0.900. The minimum Gasteiger partial charge on any atom is -0.480 e. The zero-order valence-corrected chi connectivity index (χ0v) is 5.46. The molecule has 0 aromatic heterocycles. The molecule has 0 aromatic rings. The third-order valence-electron chi connectivity index (χ3n) is 1.52. The summed E-state index contributed by atoms with van der Waals surface area (Å²) < 4.78 is 0. The lowest BCUT2D eigenvalue weighted by molar-refractivity contribution is -0.144. The Morgan fingerprint density at radius 3 is 2.80 bits per heavy atom. The number of ketones is 1. The minimum atomic E-state index is -1.07. The fourth-order valence-corrected chi connectivity index (χ4v) is 0.992. The Bertz CT molecular complexity index is 166. The zero-order valence-electron chi connectivity index (χ0n) is 5.46. The van der Waals surface area contributed by atoms with Gasteiger partial charge in [0, 0.05) is 6.42 Å². The predicted molar refractivity (Wildman–Crippen MR) is 33.7 cm³/mol. The Labute approximate surface area is 58.2 Å². The van der Waals surface area contributed by atoms with Crippen LogP contribution < -0.4 is 5.32 Å². The van der Waals surface area contributed by atoms with Gasteiger partial charge in [-0.3, -0.25) is 14.9 Å². The molecule has 1 fully saturated rings. The van der Waals surface area contributed by atoms with Crippen molar-refractivity contribution in [2.75, 3.05) is 6.54 Å². The van der Waals surface area contributed by atoms with Crippen molar-refractivity contribution in [1.29, 1.82) is 0 Å². The average Bonchev–Trinajstić information content (AvgIpc) is 1.88. The molecule has 0 amide bonds. The maximum atomic E-state index is 10.8. The molecule has 4 heteroatoms. The number of carbonyl (C=O) groups is 2. The molecular formula is C6H9NO3. The summed E-state index contributed by atoms with van der Waals surface area (Å²) in [7, 11) is 0. The van der Waals surface area contributed by atoms with Crippen molar-refractivity contribution in [3.05, 3.63) is 0 Å². The van der Waals surface area contributed by atoms with Crippen LogP contribution in [0, 0.1) is 0 Å². The van der Waals surface area contributed by atoms with Crippen molar-refractivity contribution >= 4 is 11.8 Å². The number of Topliss-reactive ketones (excluding diaryl/α,β-unsaturated/α-hetero) is 1. The van der Waals surface area contributed by atoms with Crippen LogP contribution in [0.25, 0.3) is 0 Å². The highest BCUT2D eigenvalue weighted by Gasteiger charge is 2.27. The van der Waals surface area contributed by atoms with E-state index in [1.165, 1.54) is 0 Å². The van der Waals surface area contributed by atoms with Gasteiger partial charge in [-0.05, 0) is 13.0 Å². The van der Waals surface area contributed by atoms with E-state index in [2.05, 4.69) is 5.32 Å². The van der Waals surface area contributed by atoms with Crippen LogP contribution in [0.5, 0.6) is 0 Å². The van der Waals surface area contributed by atoms with E-state index in [1.54, 1.807) is 0 Å². The SMILES string of the molecule is O=C(O)C1NCCCC1=O. The van der Waals surface area contributed by atoms with Crippen molar-refractivity contribution in [3.63, 3.8) is 0 Å². The van der Waals surface area contributed by atoms with E-state index in [0.29, 0.717) is 13.0 Å². The van der Waals surface area contributed by atoms with Gasteiger partial charge in [0.2, 0.25) is 0 Å². The summed E-state index contributed by atoms with van der Waals surface area (Å²) in [5.41, 5.74) is 0. The second-order valence-electron chi connectivity index (χ2n) is 2.30. The Morgan fingerprint density at radius 2 is 2.40 bits per heavy atom. The van der Waals surface area contributed by atoms with Gasteiger partial charge in [0.15, 0.2) is 11.8 Å². The number of nitrogens with one attached hydrogen (secondary N) is 1. The van der Waals surface area contributed by atoms with Crippen LogP contribution in [0.15, 0.2) is 0 Å². The second-order valence-corrected chi connectivity index (χ2v) is 2.30. The fourth-order valence-electron chi connectivity index (χ4n) is 0.992. The first kappa shape index (κ1) is 7.21. The molecule has 4 nitrogen and oxygen atoms in total. The van der Waals surface area contributed by atoms with Crippen molar-refractivity contribution in [3.8, 4) is 0 Å². The van der Waals surface area contributed by atoms with Crippen LogP contribution in [0.2, 0.25) is 0 Å². The number of carboxylic acids is 1. The van der Waals surface area contributed by atoms with Gasteiger partial charge < -0.3 is 5.11 Å². The van der Waals surface area contributed by atoms with Crippen LogP contribution in [-0.4, -0.2) is 29.4 Å². The van der Waals surface area contributed by atoms with Gasteiger partial charge in [0.1, 0.15) is 0 Å². The van der Waals surface area contributed by atoms with Crippen molar-refractivity contribution in [2.24, 2.45) is 0 Å². The molecule has 10 heavy (non-hydrogen) atoms. The number of hydrogen-bond donors (Lipinski definition) is 2. The van der Waals surface area contributed by atoms with E-state index in [0.717, 1.165) is 6.42 Å². The Morgan fingerprint density at radius 1 is 1.70 bits per heavy atom. The molecule has 1 aliphatic heterocycles. The fraction of sp³-hybridized carbons (Fsp3) is 0.667. The molecule has 1 saturated heterocycles. The van der Waals surface area contributed by atoms with Gasteiger partial charge in [-0.1, -0.05) is 0 Å². The van der Waals surface area contributed by atoms with Crippen LogP contribution in [0.3, 0.4) is 0 Å². The number of rotatable bonds is 1. The molecule has 0 aliphatic carbocycles. The molecule has 56 valence electrons. The summed E-state index contributed by atoms with van der Waals surface area (Å²) in [5, 5.41) is 11.0. The monoisotopic (exact) mass is 143 g/mol. The minimum absolute atomic E-state index is 0.209. The molecule has 1 atom stereocenters. The van der Waals surface area contributed by atoms with Crippen LogP contribution in [0.4, 0.5) is 0 Å². The first-order valence-corrected chi connectivity index (χ1v) is 3.20. The van der Waals surface area contributed by atoms with Gasteiger partial charge in [-0.25, -0.2) is 0 Å². The van der Waals surface area contributed by atoms with E-state index in [-0.39, 0.29) is 5.78 Å². The molecule has 1 rings (SSSR count). The molecule has 1 heterocycles. The van der Waals surface area contributed by atoms with Crippen LogP contribution >= 0.6 is 0 Å². The summed E-state index contributed by atoms with van der Waals surface area (Å²) in [5.74, 6) is -1.27. The lowest BCUT2D eigenvalue weighted by Gasteiger charge is -2.17. The summed E-state index contributed by atoms with van der Waals surface area (Å²) >= 11 is 0. The van der Waals surface area contributed by atoms with Gasteiger partial charge in [0.25, 0.3) is 0 Å². The molecule has 0 aromatic carbocycles. The first-order valence-electron chi connectivity index (χ1n) is 3.20. The van der Waals surface area contributed by atoms with E-state index in [1.807, 2.05) is 0 Å². The molecular weight excluding hydrogens is 134 g/mol. The molecule has 0 saturated carbocycles. The third kappa shape index (κ3) is 1.33. The predicted octanol–water partition coefficient (Wildman–Crippen LogP) is -0.608. The highest BCUT2D eigenvalue weighted by atomic mass is 16.4. The lowest BCUT2D eigenvalue weighted by atomic mass is 10.0. The van der Waals surface area contributed by atoms with Crippen molar-refractivity contribution in [2.45, 2.75) is 18.9 Å². The topological polar surface area (TPSA) is 66.4 Å². The maximum Gasteiger partial charge on any atom is 0.328 e. The van der Waals surface area contributed by atoms with Crippen molar-refractivity contribution in [1.82, 2.24) is 5.32 Å². The number of hydrogen-bond acceptors (Lipinski definition) is 3. The molecule has 2 N–H and O–H groups in total. The molecule has 0 bridgehead atoms. The highest BCUT2D eigenvalue weighted by Crippen LogP contribution is 2.02. The average molecular weight is 143 g/mol. The number of piperidine rings is 1. The molecule has 0 spiro atoms. The summed E-state index contributed by atoms with van der Waals surface area (Å²) in [6.45, 7) is 0.628. The van der Waals surface area contributed by atoms with E-state index < -0.39 is 12.0 Å². The van der Waals surface area contributed by atoms with E-state index in [4.69, 9.17) is 5.11 Å². The smallest absolute Gasteiger partial charge is 0.328 e. The van der Waals surface area contributed by atoms with Gasteiger partial charge in [0.05, 0.1) is 0 Å². The van der Waals surface area contributed by atoms with Crippen molar-refractivity contribution < 1.29 is 14.7 Å². The Balaban J connectivity index is 2.56. The van der Waals surface area contributed by atoms with Crippen LogP contribution in [0.1, 0.15) is 12.8 Å². The number of carbonyl (C=O) groups excluding carboxylic acids is 1. The number of aliphatic carboxylic acids is 1. The Kier molecular flexibility index (Phi) is 2.01. The second kappa shape index (κ2) is 2.79. The van der Waals surface area contributed by atoms with Gasteiger partial charge in [-0.15, -0.1) is 0 Å². The van der Waals surface area contributed by atoms with Crippen LogP contribution in [-0.2, 0) is 9.59 Å². The standard InChI is InChI=1S/C6H9NO3/c8-4-2-1-3-7-5(4)6(9)10/h5,7H,1-3H2,(H,9,10). The normalized spacial score (nSPS) is 26.4. The van der Waals surface area contributed by atoms with E-state index in [9.17, 15) is 9.59 Å². The summed E-state index contributed by atoms with van der Waals surface area (Å²) in [4.78, 5) is 21.1. The number of carboxylic acid groups (broad SMARTS) is 1.